The Morgan fingerprint density at radius 2 is 1.87 bits per heavy atom. The van der Waals surface area contributed by atoms with Gasteiger partial charge in [0, 0.05) is 6.54 Å². The van der Waals surface area contributed by atoms with Gasteiger partial charge in [-0.25, -0.2) is 0 Å². The van der Waals surface area contributed by atoms with Crippen LogP contribution in [0, 0.1) is 17.8 Å². The van der Waals surface area contributed by atoms with Crippen molar-refractivity contribution in [1.29, 1.82) is 0 Å². The molecule has 1 aromatic carbocycles. The third kappa shape index (κ3) is 4.00. The molecule has 204 valence electrons. The Balaban J connectivity index is 1.71. The van der Waals surface area contributed by atoms with Gasteiger partial charge in [0.2, 0.25) is 5.91 Å². The van der Waals surface area contributed by atoms with E-state index >= 15 is 0 Å². The van der Waals surface area contributed by atoms with Crippen molar-refractivity contribution in [3.05, 3.63) is 53.6 Å². The van der Waals surface area contributed by atoms with Crippen LogP contribution in [-0.2, 0) is 23.9 Å². The maximum absolute atomic E-state index is 14.5. The summed E-state index contributed by atoms with van der Waals surface area (Å²) in [6, 6.07) is 5.35. The molecule has 2 fully saturated rings. The second kappa shape index (κ2) is 10.1. The highest BCUT2D eigenvalue weighted by Crippen LogP contribution is 2.59. The highest BCUT2D eigenvalue weighted by atomic mass is 35.5. The molecule has 8 nitrogen and oxygen atoms in total. The first kappa shape index (κ1) is 26.9. The van der Waals surface area contributed by atoms with E-state index in [-0.39, 0.29) is 37.5 Å². The number of halogens is 1. The molecule has 0 radical (unpaired) electrons. The lowest BCUT2D eigenvalue weighted by molar-refractivity contribution is -0.162. The number of esters is 1. The Labute approximate surface area is 228 Å². The number of aliphatic hydroxyl groups excluding tert-OH is 1. The van der Waals surface area contributed by atoms with Gasteiger partial charge in [0.25, 0.3) is 5.91 Å². The van der Waals surface area contributed by atoms with E-state index < -0.39 is 41.1 Å². The molecule has 1 N–H and O–H groups in total. The number of hydrogen-bond acceptors (Lipinski definition) is 6. The number of anilines is 1. The zero-order valence-electron chi connectivity index (χ0n) is 22.0. The van der Waals surface area contributed by atoms with Crippen molar-refractivity contribution in [1.82, 2.24) is 4.90 Å². The van der Waals surface area contributed by atoms with Gasteiger partial charge in [-0.1, -0.05) is 68.8 Å². The smallest absolute Gasteiger partial charge is 0.313 e. The molecule has 1 spiro atoms. The molecule has 4 aliphatic heterocycles. The van der Waals surface area contributed by atoms with Crippen molar-refractivity contribution in [2.45, 2.75) is 63.3 Å². The number of aliphatic hydroxyl groups is 1. The highest BCUT2D eigenvalue weighted by Gasteiger charge is 2.76. The summed E-state index contributed by atoms with van der Waals surface area (Å²) in [6.07, 6.45) is 8.87. The van der Waals surface area contributed by atoms with E-state index in [0.29, 0.717) is 30.0 Å². The number of ether oxygens (including phenoxy) is 2. The zero-order chi connectivity index (χ0) is 27.2. The molecule has 9 heteroatoms. The average Bonchev–Trinajstić information content (AvgIpc) is 3.24. The van der Waals surface area contributed by atoms with Crippen LogP contribution < -0.4 is 4.90 Å². The fourth-order valence-electron chi connectivity index (χ4n) is 6.77. The molecule has 2 amide bonds. The van der Waals surface area contributed by atoms with Crippen LogP contribution in [0.3, 0.4) is 0 Å². The van der Waals surface area contributed by atoms with E-state index in [1.165, 1.54) is 4.90 Å². The van der Waals surface area contributed by atoms with Gasteiger partial charge in [-0.05, 0) is 37.3 Å². The van der Waals surface area contributed by atoms with Crippen LogP contribution in [0.25, 0.3) is 0 Å². The topological polar surface area (TPSA) is 96.4 Å². The Bertz CT molecular complexity index is 1180. The van der Waals surface area contributed by atoms with Gasteiger partial charge in [-0.15, -0.1) is 0 Å². The number of rotatable bonds is 6. The quantitative estimate of drug-likeness (QED) is 0.436. The Kier molecular flexibility index (Phi) is 7.18. The number of nitrogens with zero attached hydrogens (tertiary/aromatic N) is 2. The van der Waals surface area contributed by atoms with E-state index in [9.17, 15) is 19.5 Å². The van der Waals surface area contributed by atoms with Crippen LogP contribution in [0.5, 0.6) is 0 Å². The molecular formula is C29H35ClN2O6. The summed E-state index contributed by atoms with van der Waals surface area (Å²) in [5, 5.41) is 10.9. The first-order valence-corrected chi connectivity index (χ1v) is 13.8. The van der Waals surface area contributed by atoms with E-state index in [2.05, 4.69) is 0 Å². The number of hydrogen-bond donors (Lipinski definition) is 1. The molecule has 6 atom stereocenters. The second-order valence-electron chi connectivity index (χ2n) is 11.0. The molecule has 38 heavy (non-hydrogen) atoms. The van der Waals surface area contributed by atoms with E-state index in [4.69, 9.17) is 21.1 Å². The molecule has 4 heterocycles. The minimum absolute atomic E-state index is 0.150. The van der Waals surface area contributed by atoms with Gasteiger partial charge in [0.05, 0.1) is 35.9 Å². The monoisotopic (exact) mass is 542 g/mol. The number of carbonyl (C=O) groups excluding carboxylic acids is 3. The van der Waals surface area contributed by atoms with Gasteiger partial charge in [-0.2, -0.15) is 0 Å². The van der Waals surface area contributed by atoms with Crippen LogP contribution in [0.1, 0.15) is 40.0 Å². The molecule has 2 saturated heterocycles. The maximum atomic E-state index is 14.5. The summed E-state index contributed by atoms with van der Waals surface area (Å²) >= 11 is 6.51. The standard InChI is InChI=1S/C29H35ClN2O6/c1-4-28-12-7-8-15-37-27(36)23(28)22-25(34)32(19(17-33)16-18(2)3)24-26(35)31(14-9-13-29(22,24)38-28)21-11-6-5-10-20(21)30/h5-7,9-13,18-19,22-24,33H,4,8,14-17H2,1-3H3/t19-,22+,23-,24?,28+,29+/m1/s1. The average molecular weight is 543 g/mol. The van der Waals surface area contributed by atoms with Crippen molar-refractivity contribution < 1.29 is 29.0 Å². The largest absolute Gasteiger partial charge is 0.465 e. The number of benzene rings is 1. The fourth-order valence-corrected chi connectivity index (χ4v) is 7.01. The summed E-state index contributed by atoms with van der Waals surface area (Å²) in [5.74, 6) is -2.98. The van der Waals surface area contributed by atoms with Crippen molar-refractivity contribution in [3.63, 3.8) is 0 Å². The summed E-state index contributed by atoms with van der Waals surface area (Å²) < 4.78 is 12.5. The van der Waals surface area contributed by atoms with Crippen molar-refractivity contribution in [3.8, 4) is 0 Å². The Morgan fingerprint density at radius 1 is 1.11 bits per heavy atom. The lowest BCUT2D eigenvalue weighted by Gasteiger charge is -2.41. The fraction of sp³-hybridized carbons (Fsp3) is 0.552. The predicted molar refractivity (Wildman–Crippen MR) is 142 cm³/mol. The lowest BCUT2D eigenvalue weighted by Crippen LogP contribution is -2.59. The van der Waals surface area contributed by atoms with E-state index in [1.54, 1.807) is 35.2 Å². The summed E-state index contributed by atoms with van der Waals surface area (Å²) in [4.78, 5) is 45.5. The SMILES string of the molecule is CC[C@]12C=CCCOC(=O)[C@H]1[C@H]1C(=O)N([C@@H](CO)CC(C)C)C3C(=O)N(c4ccccc4Cl)CC=C[C@@]31O2. The molecule has 0 aromatic heterocycles. The number of likely N-dealkylation sites (tertiary alicyclic amines) is 1. The minimum atomic E-state index is -1.41. The Morgan fingerprint density at radius 3 is 2.55 bits per heavy atom. The summed E-state index contributed by atoms with van der Waals surface area (Å²) in [7, 11) is 0. The molecule has 1 aromatic rings. The third-order valence-corrected chi connectivity index (χ3v) is 8.65. The second-order valence-corrected chi connectivity index (χ2v) is 11.4. The number of fused-ring (bicyclic) bond motifs is 2. The van der Waals surface area contributed by atoms with Crippen LogP contribution in [0.2, 0.25) is 5.02 Å². The minimum Gasteiger partial charge on any atom is -0.465 e. The van der Waals surface area contributed by atoms with Gasteiger partial charge in [0.1, 0.15) is 23.2 Å². The molecule has 4 aliphatic rings. The number of para-hydroxylation sites is 1. The molecule has 5 rings (SSSR count). The maximum Gasteiger partial charge on any atom is 0.313 e. The van der Waals surface area contributed by atoms with Gasteiger partial charge in [-0.3, -0.25) is 14.4 Å². The first-order valence-electron chi connectivity index (χ1n) is 13.4. The molecule has 1 unspecified atom stereocenters. The predicted octanol–water partition coefficient (Wildman–Crippen LogP) is 3.51. The molecule has 0 saturated carbocycles. The van der Waals surface area contributed by atoms with Crippen LogP contribution in [-0.4, -0.2) is 70.8 Å². The van der Waals surface area contributed by atoms with Crippen LogP contribution in [0.4, 0.5) is 5.69 Å². The van der Waals surface area contributed by atoms with Crippen LogP contribution >= 0.6 is 11.6 Å². The third-order valence-electron chi connectivity index (χ3n) is 8.33. The van der Waals surface area contributed by atoms with Gasteiger partial charge in [0.15, 0.2) is 0 Å². The van der Waals surface area contributed by atoms with Gasteiger partial charge < -0.3 is 24.4 Å². The van der Waals surface area contributed by atoms with E-state index in [1.807, 2.05) is 39.0 Å². The van der Waals surface area contributed by atoms with Crippen molar-refractivity contribution >= 4 is 35.1 Å². The van der Waals surface area contributed by atoms with Gasteiger partial charge >= 0.3 is 5.97 Å². The zero-order valence-corrected chi connectivity index (χ0v) is 22.8. The molecular weight excluding hydrogens is 508 g/mol. The Hall–Kier alpha value is -2.68. The number of cyclic esters (lactones) is 1. The van der Waals surface area contributed by atoms with Crippen molar-refractivity contribution in [2.24, 2.45) is 17.8 Å². The van der Waals surface area contributed by atoms with Crippen LogP contribution in [0.15, 0.2) is 48.6 Å². The van der Waals surface area contributed by atoms with E-state index in [0.717, 1.165) is 0 Å². The normalized spacial score (nSPS) is 33.4. The summed E-state index contributed by atoms with van der Waals surface area (Å²) in [6.45, 7) is 6.03. The highest BCUT2D eigenvalue weighted by molar-refractivity contribution is 6.34. The lowest BCUT2D eigenvalue weighted by atomic mass is 9.73. The molecule has 0 aliphatic carbocycles. The first-order chi connectivity index (χ1) is 18.2. The summed E-state index contributed by atoms with van der Waals surface area (Å²) in [5.41, 5.74) is -1.99. The molecule has 0 bridgehead atoms. The number of carbonyl (C=O) groups is 3. The number of amides is 2. The van der Waals surface area contributed by atoms with Crippen molar-refractivity contribution in [2.75, 3.05) is 24.7 Å².